The normalized spacial score (nSPS) is 11.9. The first-order valence-electron chi connectivity index (χ1n) is 6.54. The number of esters is 1. The Morgan fingerprint density at radius 2 is 1.67 bits per heavy atom. The zero-order chi connectivity index (χ0) is 15.1. The average molecular weight is 304 g/mol. The molecule has 0 radical (unpaired) electrons. The standard InChI is InChI=1S/C16H16O4S/c17-16(20-12-14-4-2-1-3-5-14)11-8-13-6-9-15(10-7-13)21(18)19/h1-7,9-10H,8,11-12H2,(H,18,19). The molecule has 0 fully saturated rings. The third-order valence-corrected chi connectivity index (χ3v) is 3.66. The van der Waals surface area contributed by atoms with E-state index >= 15 is 0 Å². The number of carbonyl (C=O) groups excluding carboxylic acids is 1. The summed E-state index contributed by atoms with van der Waals surface area (Å²) in [6.07, 6.45) is 0.834. The van der Waals surface area contributed by atoms with E-state index in [9.17, 15) is 9.00 Å². The minimum absolute atomic E-state index is 0.256. The highest BCUT2D eigenvalue weighted by Crippen LogP contribution is 2.10. The molecule has 0 bridgehead atoms. The van der Waals surface area contributed by atoms with Crippen LogP contribution in [0.5, 0.6) is 0 Å². The fourth-order valence-electron chi connectivity index (χ4n) is 1.83. The van der Waals surface area contributed by atoms with E-state index in [0.29, 0.717) is 11.3 Å². The number of carbonyl (C=O) groups is 1. The smallest absolute Gasteiger partial charge is 0.306 e. The highest BCUT2D eigenvalue weighted by atomic mass is 32.2. The van der Waals surface area contributed by atoms with Gasteiger partial charge in [-0.15, -0.1) is 0 Å². The van der Waals surface area contributed by atoms with E-state index in [1.54, 1.807) is 24.3 Å². The van der Waals surface area contributed by atoms with E-state index in [1.165, 1.54) is 0 Å². The Bertz CT molecular complexity index is 608. The number of aryl methyl sites for hydroxylation is 1. The van der Waals surface area contributed by atoms with Crippen molar-refractivity contribution in [1.29, 1.82) is 0 Å². The van der Waals surface area contributed by atoms with Crippen LogP contribution in [0.2, 0.25) is 0 Å². The summed E-state index contributed by atoms with van der Waals surface area (Å²) >= 11 is -1.97. The Kier molecular flexibility index (Phi) is 5.66. The molecule has 1 N–H and O–H groups in total. The number of hydrogen-bond donors (Lipinski definition) is 1. The van der Waals surface area contributed by atoms with Gasteiger partial charge in [0.2, 0.25) is 0 Å². The molecule has 21 heavy (non-hydrogen) atoms. The van der Waals surface area contributed by atoms with Gasteiger partial charge in [-0.25, -0.2) is 4.21 Å². The SMILES string of the molecule is O=C(CCc1ccc(S(=O)O)cc1)OCc1ccccc1. The fourth-order valence-corrected chi connectivity index (χ4v) is 2.20. The molecule has 0 saturated heterocycles. The molecule has 2 aromatic rings. The second-order valence-electron chi connectivity index (χ2n) is 4.54. The van der Waals surface area contributed by atoms with Gasteiger partial charge in [-0.1, -0.05) is 42.5 Å². The van der Waals surface area contributed by atoms with Crippen LogP contribution in [0.25, 0.3) is 0 Å². The zero-order valence-corrected chi connectivity index (χ0v) is 12.2. The van der Waals surface area contributed by atoms with Crippen molar-refractivity contribution >= 4 is 17.0 Å². The van der Waals surface area contributed by atoms with Crippen molar-refractivity contribution in [2.24, 2.45) is 0 Å². The first-order valence-corrected chi connectivity index (χ1v) is 7.65. The van der Waals surface area contributed by atoms with Gasteiger partial charge in [0.25, 0.3) is 0 Å². The lowest BCUT2D eigenvalue weighted by Gasteiger charge is -2.05. The second kappa shape index (κ2) is 7.71. The van der Waals surface area contributed by atoms with E-state index in [1.807, 2.05) is 30.3 Å². The molecule has 2 aromatic carbocycles. The van der Waals surface area contributed by atoms with Crippen molar-refractivity contribution < 1.29 is 18.3 Å². The Hall–Kier alpha value is -1.98. The minimum Gasteiger partial charge on any atom is -0.461 e. The molecule has 0 saturated carbocycles. The molecule has 0 spiro atoms. The molecule has 2 rings (SSSR count). The Labute approximate surface area is 126 Å². The molecule has 0 aliphatic heterocycles. The summed E-state index contributed by atoms with van der Waals surface area (Å²) in [4.78, 5) is 12.0. The highest BCUT2D eigenvalue weighted by molar-refractivity contribution is 7.79. The molecule has 4 nitrogen and oxygen atoms in total. The van der Waals surface area contributed by atoms with Crippen LogP contribution in [0.15, 0.2) is 59.5 Å². The van der Waals surface area contributed by atoms with Crippen LogP contribution >= 0.6 is 0 Å². The first kappa shape index (κ1) is 15.4. The lowest BCUT2D eigenvalue weighted by atomic mass is 10.1. The summed E-state index contributed by atoms with van der Waals surface area (Å²) in [5, 5.41) is 0. The molecule has 110 valence electrons. The van der Waals surface area contributed by atoms with Crippen LogP contribution in [0, 0.1) is 0 Å². The largest absolute Gasteiger partial charge is 0.461 e. The number of benzene rings is 2. The van der Waals surface area contributed by atoms with Gasteiger partial charge in [-0.3, -0.25) is 4.79 Å². The lowest BCUT2D eigenvalue weighted by Crippen LogP contribution is -2.06. The highest BCUT2D eigenvalue weighted by Gasteiger charge is 2.05. The van der Waals surface area contributed by atoms with Gasteiger partial charge in [0.1, 0.15) is 6.61 Å². The van der Waals surface area contributed by atoms with Crippen molar-refractivity contribution in [3.8, 4) is 0 Å². The molecule has 1 unspecified atom stereocenters. The van der Waals surface area contributed by atoms with Crippen LogP contribution in [0.1, 0.15) is 17.5 Å². The quantitative estimate of drug-likeness (QED) is 0.658. The molecule has 5 heteroatoms. The fraction of sp³-hybridized carbons (Fsp3) is 0.188. The number of hydrogen-bond acceptors (Lipinski definition) is 3. The van der Waals surface area contributed by atoms with Gasteiger partial charge in [-0.05, 0) is 29.7 Å². The summed E-state index contributed by atoms with van der Waals surface area (Å²) in [5.74, 6) is -0.256. The lowest BCUT2D eigenvalue weighted by molar-refractivity contribution is -0.144. The molecular formula is C16H16O4S. The molecular weight excluding hydrogens is 288 g/mol. The Morgan fingerprint density at radius 3 is 2.29 bits per heavy atom. The third kappa shape index (κ3) is 5.13. The van der Waals surface area contributed by atoms with Gasteiger partial charge in [0, 0.05) is 6.42 Å². The van der Waals surface area contributed by atoms with E-state index in [-0.39, 0.29) is 19.0 Å². The van der Waals surface area contributed by atoms with E-state index in [2.05, 4.69) is 0 Å². The van der Waals surface area contributed by atoms with Crippen molar-refractivity contribution in [3.05, 3.63) is 65.7 Å². The molecule has 0 heterocycles. The Morgan fingerprint density at radius 1 is 1.00 bits per heavy atom. The first-order chi connectivity index (χ1) is 10.1. The van der Waals surface area contributed by atoms with Gasteiger partial charge < -0.3 is 9.29 Å². The van der Waals surface area contributed by atoms with E-state index < -0.39 is 11.1 Å². The topological polar surface area (TPSA) is 63.6 Å². The summed E-state index contributed by atoms with van der Waals surface area (Å²) in [6.45, 7) is 0.280. The minimum atomic E-state index is -1.97. The maximum absolute atomic E-state index is 11.7. The maximum Gasteiger partial charge on any atom is 0.306 e. The van der Waals surface area contributed by atoms with Crippen molar-refractivity contribution in [1.82, 2.24) is 0 Å². The van der Waals surface area contributed by atoms with Crippen molar-refractivity contribution in [3.63, 3.8) is 0 Å². The average Bonchev–Trinajstić information content (AvgIpc) is 2.52. The van der Waals surface area contributed by atoms with E-state index in [0.717, 1.165) is 11.1 Å². The number of ether oxygens (including phenoxy) is 1. The summed E-state index contributed by atoms with van der Waals surface area (Å²) in [7, 11) is 0. The summed E-state index contributed by atoms with van der Waals surface area (Å²) in [6, 6.07) is 16.2. The summed E-state index contributed by atoms with van der Waals surface area (Å²) in [5.41, 5.74) is 1.89. The maximum atomic E-state index is 11.7. The van der Waals surface area contributed by atoms with Gasteiger partial charge in [-0.2, -0.15) is 0 Å². The van der Waals surface area contributed by atoms with E-state index in [4.69, 9.17) is 9.29 Å². The molecule has 0 amide bonds. The second-order valence-corrected chi connectivity index (χ2v) is 5.51. The van der Waals surface area contributed by atoms with Gasteiger partial charge in [0.15, 0.2) is 11.1 Å². The van der Waals surface area contributed by atoms with Crippen LogP contribution < -0.4 is 0 Å². The molecule has 0 aliphatic rings. The van der Waals surface area contributed by atoms with Crippen LogP contribution in [-0.2, 0) is 33.6 Å². The summed E-state index contributed by atoms with van der Waals surface area (Å²) < 4.78 is 24.9. The van der Waals surface area contributed by atoms with Crippen LogP contribution in [0.4, 0.5) is 0 Å². The van der Waals surface area contributed by atoms with Gasteiger partial charge in [0.05, 0.1) is 4.90 Å². The van der Waals surface area contributed by atoms with Crippen LogP contribution in [-0.4, -0.2) is 14.7 Å². The predicted octanol–water partition coefficient (Wildman–Crippen LogP) is 2.94. The monoisotopic (exact) mass is 304 g/mol. The van der Waals surface area contributed by atoms with Crippen molar-refractivity contribution in [2.45, 2.75) is 24.3 Å². The molecule has 0 aromatic heterocycles. The molecule has 0 aliphatic carbocycles. The Balaban J connectivity index is 1.77. The predicted molar refractivity (Wildman–Crippen MR) is 80.0 cm³/mol. The van der Waals surface area contributed by atoms with Crippen molar-refractivity contribution in [2.75, 3.05) is 0 Å². The number of rotatable bonds is 6. The van der Waals surface area contributed by atoms with Gasteiger partial charge >= 0.3 is 5.97 Å². The molecule has 1 atom stereocenters. The van der Waals surface area contributed by atoms with Crippen LogP contribution in [0.3, 0.4) is 0 Å². The zero-order valence-electron chi connectivity index (χ0n) is 11.4. The third-order valence-electron chi connectivity index (χ3n) is 2.99.